The van der Waals surface area contributed by atoms with Crippen molar-refractivity contribution in [2.24, 2.45) is 0 Å². The molecule has 1 unspecified atom stereocenters. The number of ether oxygens (including phenoxy) is 1. The number of carbonyl (C=O) groups is 2. The predicted octanol–water partition coefficient (Wildman–Crippen LogP) is 0.108. The Kier molecular flexibility index (Phi) is 5.05. The van der Waals surface area contributed by atoms with Crippen LogP contribution in [0.25, 0.3) is 0 Å². The SMILES string of the molecule is COC(=O)C(CO)NC(=O)c1ccnc(Br)c1. The number of rotatable bonds is 4. The first-order valence-corrected chi connectivity index (χ1v) is 5.49. The van der Waals surface area contributed by atoms with Gasteiger partial charge in [-0.05, 0) is 28.1 Å². The first kappa shape index (κ1) is 13.6. The fourth-order valence-corrected chi connectivity index (χ4v) is 1.47. The summed E-state index contributed by atoms with van der Waals surface area (Å²) < 4.78 is 4.93. The second kappa shape index (κ2) is 6.31. The van der Waals surface area contributed by atoms with Gasteiger partial charge in [0.2, 0.25) is 0 Å². The molecule has 0 bridgehead atoms. The molecule has 0 aliphatic rings. The average molecular weight is 303 g/mol. The highest BCUT2D eigenvalue weighted by Gasteiger charge is 2.21. The topological polar surface area (TPSA) is 88.5 Å². The Hall–Kier alpha value is -1.47. The largest absolute Gasteiger partial charge is 0.467 e. The van der Waals surface area contributed by atoms with E-state index in [0.29, 0.717) is 10.2 Å². The number of hydrogen-bond donors (Lipinski definition) is 2. The lowest BCUT2D eigenvalue weighted by Gasteiger charge is -2.13. The maximum atomic E-state index is 11.7. The van der Waals surface area contributed by atoms with Crippen molar-refractivity contribution in [2.75, 3.05) is 13.7 Å². The third kappa shape index (κ3) is 3.79. The van der Waals surface area contributed by atoms with Crippen molar-refractivity contribution in [3.05, 3.63) is 28.5 Å². The van der Waals surface area contributed by atoms with Gasteiger partial charge in [0, 0.05) is 11.8 Å². The zero-order valence-electron chi connectivity index (χ0n) is 9.01. The fraction of sp³-hybridized carbons (Fsp3) is 0.300. The number of hydrogen-bond acceptors (Lipinski definition) is 5. The molecule has 0 saturated heterocycles. The lowest BCUT2D eigenvalue weighted by molar-refractivity contribution is -0.143. The van der Waals surface area contributed by atoms with Crippen LogP contribution in [0.15, 0.2) is 22.9 Å². The molecule has 1 aromatic heterocycles. The van der Waals surface area contributed by atoms with Gasteiger partial charge in [-0.15, -0.1) is 0 Å². The van der Waals surface area contributed by atoms with E-state index in [2.05, 4.69) is 31.0 Å². The number of pyridine rings is 1. The smallest absolute Gasteiger partial charge is 0.330 e. The molecule has 0 aliphatic heterocycles. The highest BCUT2D eigenvalue weighted by atomic mass is 79.9. The minimum atomic E-state index is -1.07. The molecule has 0 saturated carbocycles. The maximum absolute atomic E-state index is 11.7. The third-order valence-corrected chi connectivity index (χ3v) is 2.40. The second-order valence-corrected chi connectivity index (χ2v) is 3.91. The van der Waals surface area contributed by atoms with Gasteiger partial charge in [-0.3, -0.25) is 4.79 Å². The number of amides is 1. The van der Waals surface area contributed by atoms with Crippen molar-refractivity contribution < 1.29 is 19.4 Å². The van der Waals surface area contributed by atoms with Crippen LogP contribution in [0.4, 0.5) is 0 Å². The summed E-state index contributed by atoms with van der Waals surface area (Å²) in [6, 6.07) is 1.92. The fourth-order valence-electron chi connectivity index (χ4n) is 1.11. The molecule has 1 rings (SSSR count). The molecule has 7 heteroatoms. The highest BCUT2D eigenvalue weighted by molar-refractivity contribution is 9.10. The Morgan fingerprint density at radius 2 is 2.35 bits per heavy atom. The van der Waals surface area contributed by atoms with E-state index in [-0.39, 0.29) is 0 Å². The molecule has 2 N–H and O–H groups in total. The number of esters is 1. The summed E-state index contributed by atoms with van der Waals surface area (Å²) in [5.74, 6) is -1.19. The first-order chi connectivity index (χ1) is 8.08. The van der Waals surface area contributed by atoms with Crippen LogP contribution in [0, 0.1) is 0 Å². The van der Waals surface area contributed by atoms with Crippen LogP contribution < -0.4 is 5.32 Å². The summed E-state index contributed by atoms with van der Waals surface area (Å²) in [6.45, 7) is -0.523. The summed E-state index contributed by atoms with van der Waals surface area (Å²) >= 11 is 3.12. The molecule has 1 aromatic rings. The second-order valence-electron chi connectivity index (χ2n) is 3.10. The van der Waals surface area contributed by atoms with Crippen molar-refractivity contribution >= 4 is 27.8 Å². The normalized spacial score (nSPS) is 11.7. The Bertz CT molecular complexity index is 425. The van der Waals surface area contributed by atoms with Crippen molar-refractivity contribution in [3.63, 3.8) is 0 Å². The minimum Gasteiger partial charge on any atom is -0.467 e. The maximum Gasteiger partial charge on any atom is 0.330 e. The zero-order valence-corrected chi connectivity index (χ0v) is 10.6. The number of aliphatic hydroxyl groups is 1. The van der Waals surface area contributed by atoms with Gasteiger partial charge < -0.3 is 15.2 Å². The van der Waals surface area contributed by atoms with Gasteiger partial charge in [0.15, 0.2) is 6.04 Å². The summed E-state index contributed by atoms with van der Waals surface area (Å²) in [5, 5.41) is 11.3. The monoisotopic (exact) mass is 302 g/mol. The van der Waals surface area contributed by atoms with Crippen LogP contribution in [0.3, 0.4) is 0 Å². The zero-order chi connectivity index (χ0) is 12.8. The molecule has 1 heterocycles. The van der Waals surface area contributed by atoms with Gasteiger partial charge in [0.05, 0.1) is 13.7 Å². The van der Waals surface area contributed by atoms with Gasteiger partial charge in [0.25, 0.3) is 5.91 Å². The van der Waals surface area contributed by atoms with Gasteiger partial charge in [0.1, 0.15) is 4.60 Å². The molecule has 0 aliphatic carbocycles. The molecule has 1 amide bonds. The van der Waals surface area contributed by atoms with Crippen LogP contribution in [0.2, 0.25) is 0 Å². The number of carbonyl (C=O) groups excluding carboxylic acids is 2. The Labute approximate surface area is 106 Å². The van der Waals surface area contributed by atoms with Crippen LogP contribution in [-0.4, -0.2) is 41.7 Å². The standard InChI is InChI=1S/C10H11BrN2O4/c1-17-10(16)7(5-14)13-9(15)6-2-3-12-8(11)4-6/h2-4,7,14H,5H2,1H3,(H,13,15). The van der Waals surface area contributed by atoms with E-state index < -0.39 is 24.5 Å². The summed E-state index contributed by atoms with van der Waals surface area (Å²) in [7, 11) is 1.18. The van der Waals surface area contributed by atoms with Gasteiger partial charge in [-0.25, -0.2) is 9.78 Å². The number of aromatic nitrogens is 1. The van der Waals surface area contributed by atoms with E-state index in [4.69, 9.17) is 5.11 Å². The molecule has 92 valence electrons. The molecule has 6 nitrogen and oxygen atoms in total. The molecule has 0 fully saturated rings. The van der Waals surface area contributed by atoms with E-state index in [0.717, 1.165) is 0 Å². The molecule has 0 aromatic carbocycles. The number of aliphatic hydroxyl groups excluding tert-OH is 1. The lowest BCUT2D eigenvalue weighted by Crippen LogP contribution is -2.44. The molecular formula is C10H11BrN2O4. The van der Waals surface area contributed by atoms with Crippen molar-refractivity contribution in [1.29, 1.82) is 0 Å². The Morgan fingerprint density at radius 3 is 2.88 bits per heavy atom. The molecule has 0 spiro atoms. The van der Waals surface area contributed by atoms with Crippen LogP contribution in [-0.2, 0) is 9.53 Å². The van der Waals surface area contributed by atoms with E-state index >= 15 is 0 Å². The summed E-state index contributed by atoms with van der Waals surface area (Å²) in [4.78, 5) is 26.7. The van der Waals surface area contributed by atoms with Crippen LogP contribution in [0.1, 0.15) is 10.4 Å². The van der Waals surface area contributed by atoms with Crippen LogP contribution in [0.5, 0.6) is 0 Å². The lowest BCUT2D eigenvalue weighted by atomic mass is 10.2. The predicted molar refractivity (Wildman–Crippen MR) is 62.3 cm³/mol. The van der Waals surface area contributed by atoms with Gasteiger partial charge >= 0.3 is 5.97 Å². The average Bonchev–Trinajstić information content (AvgIpc) is 2.34. The number of nitrogens with zero attached hydrogens (tertiary/aromatic N) is 1. The number of halogens is 1. The first-order valence-electron chi connectivity index (χ1n) is 4.69. The van der Waals surface area contributed by atoms with E-state index in [1.165, 1.54) is 25.4 Å². The van der Waals surface area contributed by atoms with E-state index in [1.54, 1.807) is 0 Å². The van der Waals surface area contributed by atoms with Gasteiger partial charge in [-0.2, -0.15) is 0 Å². The summed E-state index contributed by atoms with van der Waals surface area (Å²) in [6.07, 6.45) is 1.45. The Morgan fingerprint density at radius 1 is 1.65 bits per heavy atom. The van der Waals surface area contributed by atoms with Crippen LogP contribution >= 0.6 is 15.9 Å². The summed E-state index contributed by atoms with van der Waals surface area (Å²) in [5.41, 5.74) is 0.328. The third-order valence-electron chi connectivity index (χ3n) is 1.96. The number of methoxy groups -OCH3 is 1. The van der Waals surface area contributed by atoms with Crippen molar-refractivity contribution in [3.8, 4) is 0 Å². The molecule has 17 heavy (non-hydrogen) atoms. The van der Waals surface area contributed by atoms with Crippen molar-refractivity contribution in [2.45, 2.75) is 6.04 Å². The quantitative estimate of drug-likeness (QED) is 0.609. The van der Waals surface area contributed by atoms with E-state index in [9.17, 15) is 9.59 Å². The highest BCUT2D eigenvalue weighted by Crippen LogP contribution is 2.08. The van der Waals surface area contributed by atoms with Gasteiger partial charge in [-0.1, -0.05) is 0 Å². The molecule has 1 atom stereocenters. The molecular weight excluding hydrogens is 292 g/mol. The Balaban J connectivity index is 2.74. The number of nitrogens with one attached hydrogen (secondary N) is 1. The molecule has 0 radical (unpaired) electrons. The minimum absolute atomic E-state index is 0.328. The van der Waals surface area contributed by atoms with E-state index in [1.807, 2.05) is 0 Å². The van der Waals surface area contributed by atoms with Crippen molar-refractivity contribution in [1.82, 2.24) is 10.3 Å².